The summed E-state index contributed by atoms with van der Waals surface area (Å²) in [5.74, 6) is 0.481. The molecule has 0 unspecified atom stereocenters. The molecule has 1 aliphatic rings. The lowest BCUT2D eigenvalue weighted by Crippen LogP contribution is -2.42. The van der Waals surface area contributed by atoms with Crippen LogP contribution in [0.25, 0.3) is 0 Å². The summed E-state index contributed by atoms with van der Waals surface area (Å²) in [5, 5.41) is 0. The van der Waals surface area contributed by atoms with Crippen molar-refractivity contribution in [2.75, 3.05) is 20.2 Å². The highest BCUT2D eigenvalue weighted by Gasteiger charge is 2.25. The third-order valence-electron chi connectivity index (χ3n) is 4.28. The smallest absolute Gasteiger partial charge is 0.316 e. The number of carbonyl (C=O) groups excluding carboxylic acids is 1. The summed E-state index contributed by atoms with van der Waals surface area (Å²) >= 11 is 0. The monoisotopic (exact) mass is 342 g/mol. The first-order valence-corrected chi connectivity index (χ1v) is 8.46. The van der Waals surface area contributed by atoms with Crippen molar-refractivity contribution in [2.45, 2.75) is 32.3 Å². The molecule has 0 atom stereocenters. The number of rotatable bonds is 5. The van der Waals surface area contributed by atoms with Crippen LogP contribution >= 0.6 is 0 Å². The van der Waals surface area contributed by atoms with Crippen LogP contribution in [-0.4, -0.2) is 52.1 Å². The minimum Gasteiger partial charge on any atom is -0.481 e. The molecule has 1 aliphatic heterocycles. The van der Waals surface area contributed by atoms with Gasteiger partial charge in [0.2, 0.25) is 5.88 Å². The van der Waals surface area contributed by atoms with Crippen molar-refractivity contribution in [1.82, 2.24) is 19.9 Å². The topological polar surface area (TPSA) is 77.4 Å². The molecular formula is C18H22N4O3. The predicted molar refractivity (Wildman–Crippen MR) is 91.8 cm³/mol. The van der Waals surface area contributed by atoms with Gasteiger partial charge in [-0.2, -0.15) is 0 Å². The van der Waals surface area contributed by atoms with Crippen molar-refractivity contribution in [3.63, 3.8) is 0 Å². The molecule has 7 heteroatoms. The second-order valence-electron chi connectivity index (χ2n) is 5.93. The van der Waals surface area contributed by atoms with E-state index in [1.165, 1.54) is 0 Å². The van der Waals surface area contributed by atoms with E-state index in [9.17, 15) is 4.79 Å². The van der Waals surface area contributed by atoms with E-state index in [2.05, 4.69) is 21.9 Å². The van der Waals surface area contributed by atoms with E-state index in [4.69, 9.17) is 9.47 Å². The molecule has 25 heavy (non-hydrogen) atoms. The van der Waals surface area contributed by atoms with Gasteiger partial charge in [0.1, 0.15) is 6.10 Å². The van der Waals surface area contributed by atoms with Crippen LogP contribution in [0.5, 0.6) is 11.9 Å². The lowest BCUT2D eigenvalue weighted by atomic mass is 10.1. The fraction of sp³-hybridized carbons (Fsp3) is 0.444. The average molecular weight is 342 g/mol. The van der Waals surface area contributed by atoms with Crippen molar-refractivity contribution in [3.05, 3.63) is 41.9 Å². The van der Waals surface area contributed by atoms with Gasteiger partial charge in [-0.3, -0.25) is 4.79 Å². The molecule has 0 saturated carbocycles. The van der Waals surface area contributed by atoms with Crippen molar-refractivity contribution in [2.24, 2.45) is 0 Å². The highest BCUT2D eigenvalue weighted by atomic mass is 16.5. The Balaban J connectivity index is 1.52. The van der Waals surface area contributed by atoms with Crippen molar-refractivity contribution >= 4 is 5.91 Å². The number of piperidine rings is 1. The number of nitrogens with zero attached hydrogens (tertiary/aromatic N) is 4. The van der Waals surface area contributed by atoms with Gasteiger partial charge in [0.25, 0.3) is 5.91 Å². The molecule has 0 N–H and O–H groups in total. The Morgan fingerprint density at radius 2 is 1.88 bits per heavy atom. The van der Waals surface area contributed by atoms with E-state index in [-0.39, 0.29) is 12.0 Å². The van der Waals surface area contributed by atoms with Crippen molar-refractivity contribution < 1.29 is 14.3 Å². The Bertz CT molecular complexity index is 695. The van der Waals surface area contributed by atoms with Crippen LogP contribution in [0.15, 0.2) is 30.7 Å². The summed E-state index contributed by atoms with van der Waals surface area (Å²) in [6, 6.07) is 3.83. The third kappa shape index (κ3) is 4.23. The number of hydrogen-bond donors (Lipinski definition) is 0. The number of amides is 1. The van der Waals surface area contributed by atoms with Crippen molar-refractivity contribution in [3.8, 4) is 11.9 Å². The maximum absolute atomic E-state index is 12.5. The van der Waals surface area contributed by atoms with Gasteiger partial charge in [0.15, 0.2) is 0 Å². The zero-order valence-electron chi connectivity index (χ0n) is 14.5. The molecule has 0 aliphatic carbocycles. The molecule has 0 bridgehead atoms. The zero-order valence-corrected chi connectivity index (χ0v) is 14.5. The van der Waals surface area contributed by atoms with E-state index >= 15 is 0 Å². The highest BCUT2D eigenvalue weighted by molar-refractivity contribution is 5.94. The SMILES string of the molecule is CCc1cnc(OC2CCN(C(=O)c3ccc(OC)nc3)CC2)nc1. The summed E-state index contributed by atoms with van der Waals surface area (Å²) in [6.45, 7) is 3.34. The largest absolute Gasteiger partial charge is 0.481 e. The van der Waals surface area contributed by atoms with Gasteiger partial charge in [0.05, 0.1) is 12.7 Å². The Kier molecular flexibility index (Phi) is 5.42. The quantitative estimate of drug-likeness (QED) is 0.828. The normalized spacial score (nSPS) is 15.0. The van der Waals surface area contributed by atoms with Gasteiger partial charge >= 0.3 is 6.01 Å². The number of aryl methyl sites for hydroxylation is 1. The van der Waals surface area contributed by atoms with Crippen LogP contribution in [0, 0.1) is 0 Å². The van der Waals surface area contributed by atoms with Crippen LogP contribution in [0.2, 0.25) is 0 Å². The molecule has 0 aromatic carbocycles. The van der Waals surface area contributed by atoms with Gasteiger partial charge in [0, 0.05) is 50.6 Å². The minimum absolute atomic E-state index is 0.0165. The Morgan fingerprint density at radius 3 is 2.44 bits per heavy atom. The number of aromatic nitrogens is 3. The maximum Gasteiger partial charge on any atom is 0.316 e. The van der Waals surface area contributed by atoms with Gasteiger partial charge < -0.3 is 14.4 Å². The predicted octanol–water partition coefficient (Wildman–Crippen LogP) is 2.13. The molecule has 7 nitrogen and oxygen atoms in total. The fourth-order valence-electron chi connectivity index (χ4n) is 2.72. The standard InChI is InChI=1S/C18H22N4O3/c1-3-13-10-20-18(21-11-13)25-15-6-8-22(9-7-15)17(23)14-4-5-16(24-2)19-12-14/h4-5,10-12,15H,3,6-9H2,1-2H3. The van der Waals surface area contributed by atoms with Gasteiger partial charge in [-0.05, 0) is 18.1 Å². The van der Waals surface area contributed by atoms with E-state index < -0.39 is 0 Å². The van der Waals surface area contributed by atoms with Crippen LogP contribution < -0.4 is 9.47 Å². The summed E-state index contributed by atoms with van der Waals surface area (Å²) < 4.78 is 10.8. The van der Waals surface area contributed by atoms with Gasteiger partial charge in [-0.25, -0.2) is 15.0 Å². The molecule has 2 aromatic rings. The summed E-state index contributed by atoms with van der Waals surface area (Å²) in [4.78, 5) is 26.9. The average Bonchev–Trinajstić information content (AvgIpc) is 2.69. The zero-order chi connectivity index (χ0) is 17.6. The molecule has 0 spiro atoms. The molecular weight excluding hydrogens is 320 g/mol. The van der Waals surface area contributed by atoms with Crippen LogP contribution in [0.3, 0.4) is 0 Å². The number of pyridine rings is 1. The third-order valence-corrected chi connectivity index (χ3v) is 4.28. The maximum atomic E-state index is 12.5. The molecule has 0 radical (unpaired) electrons. The summed E-state index contributed by atoms with van der Waals surface area (Å²) in [5.41, 5.74) is 1.65. The van der Waals surface area contributed by atoms with E-state index in [1.54, 1.807) is 37.8 Å². The number of hydrogen-bond acceptors (Lipinski definition) is 6. The second-order valence-corrected chi connectivity index (χ2v) is 5.93. The van der Waals surface area contributed by atoms with Gasteiger partial charge in [-0.1, -0.05) is 6.92 Å². The molecule has 2 aromatic heterocycles. The number of carbonyl (C=O) groups is 1. The summed E-state index contributed by atoms with van der Waals surface area (Å²) in [6.07, 6.45) is 7.58. The first-order chi connectivity index (χ1) is 12.2. The van der Waals surface area contributed by atoms with Gasteiger partial charge in [-0.15, -0.1) is 0 Å². The van der Waals surface area contributed by atoms with Crippen LogP contribution in [-0.2, 0) is 6.42 Å². The molecule has 132 valence electrons. The number of methoxy groups -OCH3 is 1. The Morgan fingerprint density at radius 1 is 1.16 bits per heavy atom. The first-order valence-electron chi connectivity index (χ1n) is 8.46. The molecule has 3 heterocycles. The van der Waals surface area contributed by atoms with Crippen LogP contribution in [0.1, 0.15) is 35.7 Å². The van der Waals surface area contributed by atoms with Crippen molar-refractivity contribution in [1.29, 1.82) is 0 Å². The minimum atomic E-state index is -0.0165. The lowest BCUT2D eigenvalue weighted by Gasteiger charge is -2.31. The Labute approximate surface area is 147 Å². The van der Waals surface area contributed by atoms with E-state index in [0.29, 0.717) is 30.5 Å². The van der Waals surface area contributed by atoms with E-state index in [1.807, 2.05) is 4.90 Å². The number of ether oxygens (including phenoxy) is 2. The molecule has 3 rings (SSSR count). The first kappa shape index (κ1) is 17.1. The highest BCUT2D eigenvalue weighted by Crippen LogP contribution is 2.18. The molecule has 1 saturated heterocycles. The fourth-order valence-corrected chi connectivity index (χ4v) is 2.72. The van der Waals surface area contributed by atoms with E-state index in [0.717, 1.165) is 24.8 Å². The molecule has 1 amide bonds. The molecule has 1 fully saturated rings. The number of likely N-dealkylation sites (tertiary alicyclic amines) is 1. The lowest BCUT2D eigenvalue weighted by molar-refractivity contribution is 0.0578. The summed E-state index contributed by atoms with van der Waals surface area (Å²) in [7, 11) is 1.55. The van der Waals surface area contributed by atoms with Crippen LogP contribution in [0.4, 0.5) is 0 Å². The Hall–Kier alpha value is -2.70. The second kappa shape index (κ2) is 7.92.